The van der Waals surface area contributed by atoms with E-state index in [0.717, 1.165) is 10.9 Å². The van der Waals surface area contributed by atoms with Gasteiger partial charge in [0.2, 0.25) is 0 Å². The summed E-state index contributed by atoms with van der Waals surface area (Å²) in [5.41, 5.74) is 7.14. The van der Waals surface area contributed by atoms with E-state index in [1.807, 2.05) is 32.0 Å². The number of nitrogen functional groups attached to an aromatic ring is 1. The fourth-order valence-corrected chi connectivity index (χ4v) is 2.95. The molecular weight excluding hydrogens is 304 g/mol. The molecule has 24 heavy (non-hydrogen) atoms. The van der Waals surface area contributed by atoms with E-state index in [-0.39, 0.29) is 11.7 Å². The molecule has 1 aromatic carbocycles. The lowest BCUT2D eigenvalue weighted by Crippen LogP contribution is -2.40. The third-order valence-electron chi connectivity index (χ3n) is 4.34. The van der Waals surface area contributed by atoms with Crippen molar-refractivity contribution in [2.75, 3.05) is 32.0 Å². The van der Waals surface area contributed by atoms with Crippen LogP contribution in [-0.2, 0) is 10.2 Å². The first-order valence-corrected chi connectivity index (χ1v) is 7.92. The number of amides is 1. The van der Waals surface area contributed by atoms with Crippen LogP contribution in [-0.4, -0.2) is 42.1 Å². The Morgan fingerprint density at radius 2 is 2.08 bits per heavy atom. The number of nitriles is 1. The number of hydrogen-bond donors (Lipinski definition) is 1. The number of fused-ring (bicyclic) bond motifs is 1. The molecule has 0 atom stereocenters. The number of morpholine rings is 1. The fraction of sp³-hybridized carbons (Fsp3) is 0.389. The molecule has 6 nitrogen and oxygen atoms in total. The highest BCUT2D eigenvalue weighted by Crippen LogP contribution is 2.31. The topological polar surface area (TPSA) is 92.2 Å². The van der Waals surface area contributed by atoms with E-state index in [9.17, 15) is 10.1 Å². The highest BCUT2D eigenvalue weighted by Gasteiger charge is 2.26. The van der Waals surface area contributed by atoms with Crippen LogP contribution in [0, 0.1) is 11.3 Å². The third kappa shape index (κ3) is 2.79. The lowest BCUT2D eigenvalue weighted by atomic mass is 9.84. The molecular formula is C18H20N4O2. The number of carbonyl (C=O) groups excluding carboxylic acids is 1. The largest absolute Gasteiger partial charge is 0.384 e. The molecule has 1 aliphatic rings. The zero-order valence-electron chi connectivity index (χ0n) is 13.9. The summed E-state index contributed by atoms with van der Waals surface area (Å²) in [7, 11) is 0. The van der Waals surface area contributed by atoms with Gasteiger partial charge >= 0.3 is 0 Å². The number of pyridine rings is 1. The summed E-state index contributed by atoms with van der Waals surface area (Å²) in [4.78, 5) is 19.1. The van der Waals surface area contributed by atoms with E-state index in [2.05, 4.69) is 11.1 Å². The second-order valence-electron chi connectivity index (χ2n) is 6.44. The van der Waals surface area contributed by atoms with Gasteiger partial charge in [-0.3, -0.25) is 4.79 Å². The average Bonchev–Trinajstić information content (AvgIpc) is 2.60. The first-order chi connectivity index (χ1) is 11.4. The quantitative estimate of drug-likeness (QED) is 0.913. The summed E-state index contributed by atoms with van der Waals surface area (Å²) < 4.78 is 5.31. The van der Waals surface area contributed by atoms with Crippen LogP contribution in [0.1, 0.15) is 29.8 Å². The molecule has 0 unspecified atom stereocenters. The minimum absolute atomic E-state index is 0.0793. The van der Waals surface area contributed by atoms with Crippen LogP contribution < -0.4 is 5.73 Å². The number of benzene rings is 1. The molecule has 0 spiro atoms. The zero-order valence-corrected chi connectivity index (χ0v) is 13.9. The van der Waals surface area contributed by atoms with Crippen LogP contribution in [0.25, 0.3) is 10.9 Å². The standard InChI is InChI=1S/C18H20N4O2/c1-18(2,11-19)14-5-3-4-12-13(10-15(20)21-16(12)14)17(23)22-6-8-24-9-7-22/h3-5,10H,6-9H2,1-2H3,(H2,20,21). The van der Waals surface area contributed by atoms with Crippen LogP contribution in [0.3, 0.4) is 0 Å². The summed E-state index contributed by atoms with van der Waals surface area (Å²) in [6.07, 6.45) is 0. The highest BCUT2D eigenvalue weighted by molar-refractivity contribution is 6.07. The maximum Gasteiger partial charge on any atom is 0.254 e. The number of nitrogens with two attached hydrogens (primary N) is 1. The van der Waals surface area contributed by atoms with E-state index >= 15 is 0 Å². The van der Waals surface area contributed by atoms with Crippen molar-refractivity contribution < 1.29 is 9.53 Å². The Balaban J connectivity index is 2.18. The van der Waals surface area contributed by atoms with Crippen molar-refractivity contribution >= 4 is 22.6 Å². The van der Waals surface area contributed by atoms with Crippen molar-refractivity contribution in [2.24, 2.45) is 0 Å². The lowest BCUT2D eigenvalue weighted by molar-refractivity contribution is 0.0304. The van der Waals surface area contributed by atoms with Crippen molar-refractivity contribution in [3.05, 3.63) is 35.4 Å². The van der Waals surface area contributed by atoms with Gasteiger partial charge in [-0.25, -0.2) is 4.98 Å². The van der Waals surface area contributed by atoms with Crippen molar-refractivity contribution in [3.63, 3.8) is 0 Å². The SMILES string of the molecule is CC(C)(C#N)c1cccc2c(C(=O)N3CCOCC3)cc(N)nc12. The molecule has 6 heteroatoms. The monoisotopic (exact) mass is 324 g/mol. The van der Waals surface area contributed by atoms with Gasteiger partial charge in [-0.2, -0.15) is 5.26 Å². The third-order valence-corrected chi connectivity index (χ3v) is 4.34. The Morgan fingerprint density at radius 1 is 1.38 bits per heavy atom. The van der Waals surface area contributed by atoms with E-state index in [1.54, 1.807) is 11.0 Å². The molecule has 1 fully saturated rings. The van der Waals surface area contributed by atoms with Gasteiger partial charge in [-0.1, -0.05) is 18.2 Å². The van der Waals surface area contributed by atoms with Crippen molar-refractivity contribution in [1.29, 1.82) is 5.26 Å². The number of anilines is 1. The second kappa shape index (κ2) is 6.10. The zero-order chi connectivity index (χ0) is 17.3. The van der Waals surface area contributed by atoms with E-state index < -0.39 is 5.41 Å². The molecule has 1 saturated heterocycles. The predicted octanol–water partition coefficient (Wildman–Crippen LogP) is 2.09. The molecule has 0 radical (unpaired) electrons. The Morgan fingerprint density at radius 3 is 2.75 bits per heavy atom. The fourth-order valence-electron chi connectivity index (χ4n) is 2.95. The number of nitrogens with zero attached hydrogens (tertiary/aromatic N) is 3. The van der Waals surface area contributed by atoms with Crippen LogP contribution >= 0.6 is 0 Å². The molecule has 1 aromatic heterocycles. The van der Waals surface area contributed by atoms with Gasteiger partial charge in [0, 0.05) is 18.5 Å². The van der Waals surface area contributed by atoms with E-state index in [4.69, 9.17) is 10.5 Å². The molecule has 124 valence electrons. The summed E-state index contributed by atoms with van der Waals surface area (Å²) >= 11 is 0. The Hall–Kier alpha value is -2.65. The van der Waals surface area contributed by atoms with Gasteiger partial charge in [0.15, 0.2) is 0 Å². The van der Waals surface area contributed by atoms with Crippen LogP contribution in [0.4, 0.5) is 5.82 Å². The number of para-hydroxylation sites is 1. The van der Waals surface area contributed by atoms with Crippen LogP contribution in [0.15, 0.2) is 24.3 Å². The molecule has 2 aromatic rings. The van der Waals surface area contributed by atoms with Gasteiger partial charge < -0.3 is 15.4 Å². The first-order valence-electron chi connectivity index (χ1n) is 7.92. The van der Waals surface area contributed by atoms with E-state index in [1.165, 1.54) is 0 Å². The maximum absolute atomic E-state index is 12.9. The van der Waals surface area contributed by atoms with Gasteiger partial charge in [0.1, 0.15) is 5.82 Å². The smallest absolute Gasteiger partial charge is 0.254 e. The number of rotatable bonds is 2. The van der Waals surface area contributed by atoms with Crippen LogP contribution in [0.5, 0.6) is 0 Å². The molecule has 2 heterocycles. The lowest BCUT2D eigenvalue weighted by Gasteiger charge is -2.27. The summed E-state index contributed by atoms with van der Waals surface area (Å²) in [5.74, 6) is 0.199. The normalized spacial score (nSPS) is 15.3. The molecule has 0 aliphatic carbocycles. The van der Waals surface area contributed by atoms with Gasteiger partial charge in [0.25, 0.3) is 5.91 Å². The summed E-state index contributed by atoms with van der Waals surface area (Å²) in [6.45, 7) is 5.86. The Bertz CT molecular complexity index is 833. The molecule has 0 bridgehead atoms. The number of ether oxygens (including phenoxy) is 1. The second-order valence-corrected chi connectivity index (χ2v) is 6.44. The minimum atomic E-state index is -0.723. The van der Waals surface area contributed by atoms with Gasteiger partial charge in [-0.05, 0) is 25.5 Å². The Kier molecular flexibility index (Phi) is 4.12. The molecule has 2 N–H and O–H groups in total. The minimum Gasteiger partial charge on any atom is -0.384 e. The average molecular weight is 324 g/mol. The Labute approximate surface area is 140 Å². The molecule has 0 saturated carbocycles. The van der Waals surface area contributed by atoms with Crippen LogP contribution in [0.2, 0.25) is 0 Å². The van der Waals surface area contributed by atoms with E-state index in [0.29, 0.717) is 37.4 Å². The number of aromatic nitrogens is 1. The first kappa shape index (κ1) is 16.2. The van der Waals surface area contributed by atoms with Crippen molar-refractivity contribution in [2.45, 2.75) is 19.3 Å². The van der Waals surface area contributed by atoms with Gasteiger partial charge in [-0.15, -0.1) is 0 Å². The highest BCUT2D eigenvalue weighted by atomic mass is 16.5. The summed E-state index contributed by atoms with van der Waals surface area (Å²) in [6, 6.07) is 9.47. The summed E-state index contributed by atoms with van der Waals surface area (Å²) in [5, 5.41) is 10.2. The number of carbonyl (C=O) groups is 1. The number of hydrogen-bond acceptors (Lipinski definition) is 5. The predicted molar refractivity (Wildman–Crippen MR) is 91.5 cm³/mol. The molecule has 1 aliphatic heterocycles. The van der Waals surface area contributed by atoms with Gasteiger partial charge in [0.05, 0.1) is 35.8 Å². The molecule has 1 amide bonds. The maximum atomic E-state index is 12.9. The molecule has 3 rings (SSSR count). The van der Waals surface area contributed by atoms with Crippen molar-refractivity contribution in [3.8, 4) is 6.07 Å². The van der Waals surface area contributed by atoms with Crippen molar-refractivity contribution in [1.82, 2.24) is 9.88 Å².